The highest BCUT2D eigenvalue weighted by atomic mass is 35.5. The predicted molar refractivity (Wildman–Crippen MR) is 142 cm³/mol. The summed E-state index contributed by atoms with van der Waals surface area (Å²) in [7, 11) is 1.58. The molecule has 1 amide bonds. The van der Waals surface area contributed by atoms with Gasteiger partial charge in [-0.3, -0.25) is 14.3 Å². The molecule has 3 heterocycles. The van der Waals surface area contributed by atoms with E-state index in [1.807, 2.05) is 29.2 Å². The lowest BCUT2D eigenvalue weighted by molar-refractivity contribution is -0.132. The number of halogens is 1. The van der Waals surface area contributed by atoms with Crippen LogP contribution in [0.15, 0.2) is 47.3 Å². The third-order valence-corrected chi connectivity index (χ3v) is 7.78. The maximum Gasteiger partial charge on any atom is 0.327 e. The Balaban J connectivity index is 1.46. The number of piperazine rings is 1. The number of H-pyrrole nitrogens is 1. The van der Waals surface area contributed by atoms with E-state index in [9.17, 15) is 9.59 Å². The van der Waals surface area contributed by atoms with Gasteiger partial charge < -0.3 is 19.5 Å². The zero-order valence-corrected chi connectivity index (χ0v) is 21.7. The van der Waals surface area contributed by atoms with Crippen LogP contribution >= 0.6 is 11.6 Å². The third-order valence-electron chi connectivity index (χ3n) is 7.54. The molecule has 9 heteroatoms. The topological polar surface area (TPSA) is 73.8 Å². The van der Waals surface area contributed by atoms with E-state index in [1.54, 1.807) is 25.3 Å². The smallest absolute Gasteiger partial charge is 0.327 e. The summed E-state index contributed by atoms with van der Waals surface area (Å²) >= 11 is 6.29. The van der Waals surface area contributed by atoms with E-state index in [0.717, 1.165) is 39.1 Å². The fourth-order valence-electron chi connectivity index (χ4n) is 5.71. The maximum absolute atomic E-state index is 14.2. The van der Waals surface area contributed by atoms with Gasteiger partial charge in [0, 0.05) is 55.9 Å². The van der Waals surface area contributed by atoms with Gasteiger partial charge in [-0.2, -0.15) is 0 Å². The summed E-state index contributed by atoms with van der Waals surface area (Å²) in [5.74, 6) is 0.469. The normalized spacial score (nSPS) is 20.2. The molecule has 0 radical (unpaired) electrons. The minimum absolute atomic E-state index is 0.102. The minimum atomic E-state index is -0.860. The number of imidazole rings is 1. The molecule has 2 fully saturated rings. The zero-order chi connectivity index (χ0) is 25.2. The van der Waals surface area contributed by atoms with E-state index in [-0.39, 0.29) is 11.6 Å². The molecule has 5 rings (SSSR count). The van der Waals surface area contributed by atoms with Gasteiger partial charge in [0.15, 0.2) is 0 Å². The second-order valence-corrected chi connectivity index (χ2v) is 10.1. The summed E-state index contributed by atoms with van der Waals surface area (Å²) in [6.45, 7) is 8.91. The van der Waals surface area contributed by atoms with Gasteiger partial charge in [-0.1, -0.05) is 36.7 Å². The number of aromatic nitrogens is 2. The number of para-hydroxylation sites is 1. The number of carbonyl (C=O) groups is 1. The molecule has 2 aromatic carbocycles. The molecule has 0 spiro atoms. The molecule has 0 bridgehead atoms. The van der Waals surface area contributed by atoms with Crippen molar-refractivity contribution < 1.29 is 9.53 Å². The number of ether oxygens (including phenoxy) is 1. The zero-order valence-electron chi connectivity index (χ0n) is 21.0. The quantitative estimate of drug-likeness (QED) is 0.527. The molecule has 0 aliphatic carbocycles. The van der Waals surface area contributed by atoms with Gasteiger partial charge in [0.05, 0.1) is 18.1 Å². The van der Waals surface area contributed by atoms with E-state index >= 15 is 0 Å². The Labute approximate surface area is 216 Å². The van der Waals surface area contributed by atoms with Crippen molar-refractivity contribution in [3.05, 3.63) is 63.5 Å². The molecule has 2 aliphatic rings. The monoisotopic (exact) mass is 511 g/mol. The van der Waals surface area contributed by atoms with Gasteiger partial charge in [-0.15, -0.1) is 0 Å². The van der Waals surface area contributed by atoms with Gasteiger partial charge in [-0.05, 0) is 43.7 Å². The van der Waals surface area contributed by atoms with Crippen molar-refractivity contribution in [2.45, 2.75) is 31.8 Å². The van der Waals surface area contributed by atoms with Crippen LogP contribution in [0.3, 0.4) is 0 Å². The highest BCUT2D eigenvalue weighted by molar-refractivity contribution is 6.31. The number of hydrogen-bond donors (Lipinski definition) is 1. The number of methoxy groups -OCH3 is 1. The van der Waals surface area contributed by atoms with Crippen molar-refractivity contribution in [3.8, 4) is 5.75 Å². The Hall–Kier alpha value is -2.81. The molecule has 8 nitrogen and oxygen atoms in total. The van der Waals surface area contributed by atoms with E-state index < -0.39 is 6.04 Å². The molecule has 2 aliphatic heterocycles. The van der Waals surface area contributed by atoms with Crippen molar-refractivity contribution in [2.75, 3.05) is 52.9 Å². The van der Waals surface area contributed by atoms with Gasteiger partial charge in [0.1, 0.15) is 11.8 Å². The van der Waals surface area contributed by atoms with Crippen molar-refractivity contribution in [2.24, 2.45) is 0 Å². The molecule has 2 saturated heterocycles. The van der Waals surface area contributed by atoms with E-state index in [0.29, 0.717) is 46.5 Å². The van der Waals surface area contributed by atoms with Crippen molar-refractivity contribution in [1.82, 2.24) is 24.3 Å². The summed E-state index contributed by atoms with van der Waals surface area (Å²) in [5, 5.41) is 0.505. The highest BCUT2D eigenvalue weighted by Crippen LogP contribution is 2.33. The molecule has 2 unspecified atom stereocenters. The molecule has 2 atom stereocenters. The van der Waals surface area contributed by atoms with Gasteiger partial charge in [0.2, 0.25) is 0 Å². The molecular weight excluding hydrogens is 478 g/mol. The number of nitrogens with one attached hydrogen (secondary N) is 1. The first-order chi connectivity index (χ1) is 17.5. The number of nitrogens with zero attached hydrogens (tertiary/aromatic N) is 4. The Morgan fingerprint density at radius 2 is 1.92 bits per heavy atom. The summed E-state index contributed by atoms with van der Waals surface area (Å²) in [6.07, 6.45) is 2.11. The largest absolute Gasteiger partial charge is 0.496 e. The average molecular weight is 512 g/mol. The van der Waals surface area contributed by atoms with Crippen LogP contribution in [0.25, 0.3) is 11.0 Å². The summed E-state index contributed by atoms with van der Waals surface area (Å²) in [6, 6.07) is 12.1. The van der Waals surface area contributed by atoms with E-state index in [4.69, 9.17) is 16.3 Å². The number of rotatable bonds is 7. The standard InChI is InChI=1S/C27H34ClN5O3/c1-3-11-30-13-15-31(16-14-30)20-10-12-32(18-20)26(34)25(21-6-4-5-7-24(21)36-2)33-23-17-19(28)8-9-22(23)29-27(33)35/h4-9,17,20,25H,3,10-16,18H2,1-2H3,(H,29,35). The lowest BCUT2D eigenvalue weighted by Gasteiger charge is -2.38. The fourth-order valence-corrected chi connectivity index (χ4v) is 5.87. The minimum Gasteiger partial charge on any atom is -0.496 e. The van der Waals surface area contributed by atoms with Crippen molar-refractivity contribution in [1.29, 1.82) is 0 Å². The van der Waals surface area contributed by atoms with Crippen LogP contribution in [0.2, 0.25) is 5.02 Å². The van der Waals surface area contributed by atoms with Crippen LogP contribution < -0.4 is 10.4 Å². The second kappa shape index (κ2) is 10.7. The lowest BCUT2D eigenvalue weighted by Crippen LogP contribution is -2.51. The summed E-state index contributed by atoms with van der Waals surface area (Å²) in [4.78, 5) is 37.3. The summed E-state index contributed by atoms with van der Waals surface area (Å²) in [5.41, 5.74) is 1.55. The lowest BCUT2D eigenvalue weighted by atomic mass is 10.0. The molecule has 1 aromatic heterocycles. The van der Waals surface area contributed by atoms with Crippen LogP contribution in [0.1, 0.15) is 31.4 Å². The molecule has 3 aromatic rings. The van der Waals surface area contributed by atoms with Crippen LogP contribution in [-0.2, 0) is 4.79 Å². The molecular formula is C27H34ClN5O3. The first-order valence-corrected chi connectivity index (χ1v) is 13.2. The van der Waals surface area contributed by atoms with Crippen LogP contribution in [0, 0.1) is 0 Å². The second-order valence-electron chi connectivity index (χ2n) is 9.71. The molecule has 36 heavy (non-hydrogen) atoms. The number of likely N-dealkylation sites (tertiary alicyclic amines) is 1. The Bertz CT molecular complexity index is 1280. The predicted octanol–water partition coefficient (Wildman–Crippen LogP) is 3.21. The Kier molecular flexibility index (Phi) is 7.37. The molecule has 0 saturated carbocycles. The van der Waals surface area contributed by atoms with Crippen LogP contribution in [0.4, 0.5) is 0 Å². The van der Waals surface area contributed by atoms with E-state index in [1.165, 1.54) is 11.0 Å². The number of hydrogen-bond acceptors (Lipinski definition) is 5. The Morgan fingerprint density at radius 1 is 1.14 bits per heavy atom. The molecule has 192 valence electrons. The van der Waals surface area contributed by atoms with Crippen molar-refractivity contribution in [3.63, 3.8) is 0 Å². The SMILES string of the molecule is CCCN1CCN(C2CCN(C(=O)C(c3ccccc3OC)n3c(=O)[nH]c4ccc(Cl)cc43)C2)CC1. The number of amides is 1. The average Bonchev–Trinajstić information content (AvgIpc) is 3.50. The van der Waals surface area contributed by atoms with Crippen LogP contribution in [0.5, 0.6) is 5.75 Å². The number of carbonyl (C=O) groups excluding carboxylic acids is 1. The Morgan fingerprint density at radius 3 is 2.67 bits per heavy atom. The number of fused-ring (bicyclic) bond motifs is 1. The van der Waals surface area contributed by atoms with E-state index in [2.05, 4.69) is 21.7 Å². The highest BCUT2D eigenvalue weighted by Gasteiger charge is 2.38. The van der Waals surface area contributed by atoms with Crippen molar-refractivity contribution >= 4 is 28.5 Å². The first kappa shape index (κ1) is 24.9. The first-order valence-electron chi connectivity index (χ1n) is 12.8. The molecule has 1 N–H and O–H groups in total. The number of aromatic amines is 1. The summed E-state index contributed by atoms with van der Waals surface area (Å²) < 4.78 is 7.15. The van der Waals surface area contributed by atoms with Gasteiger partial charge in [0.25, 0.3) is 5.91 Å². The number of benzene rings is 2. The van der Waals surface area contributed by atoms with Crippen LogP contribution in [-0.4, -0.2) is 89.1 Å². The maximum atomic E-state index is 14.2. The third kappa shape index (κ3) is 4.77. The van der Waals surface area contributed by atoms with Gasteiger partial charge in [-0.25, -0.2) is 4.79 Å². The fraction of sp³-hybridized carbons (Fsp3) is 0.481. The van der Waals surface area contributed by atoms with Gasteiger partial charge >= 0.3 is 5.69 Å².